The lowest BCUT2D eigenvalue weighted by molar-refractivity contribution is 0.349. The number of aromatic hydroxyl groups is 2. The van der Waals surface area contributed by atoms with E-state index in [4.69, 9.17) is 20.9 Å². The molecular formula is C24H12F8N2O4. The highest BCUT2D eigenvalue weighted by Gasteiger charge is 2.36. The summed E-state index contributed by atoms with van der Waals surface area (Å²) in [5, 5.41) is 19.8. The van der Waals surface area contributed by atoms with Gasteiger partial charge in [-0.3, -0.25) is 0 Å². The molecule has 0 fully saturated rings. The number of para-hydroxylation sites is 2. The molecule has 0 aliphatic heterocycles. The predicted molar refractivity (Wildman–Crippen MR) is 117 cm³/mol. The van der Waals surface area contributed by atoms with Gasteiger partial charge in [0.1, 0.15) is 0 Å². The molecule has 0 spiro atoms. The maximum absolute atomic E-state index is 15.1. The highest BCUT2D eigenvalue weighted by atomic mass is 19.2. The zero-order chi connectivity index (χ0) is 28.0. The number of ether oxygens (including phenoxy) is 2. The zero-order valence-electron chi connectivity index (χ0n) is 18.4. The van der Waals surface area contributed by atoms with Crippen molar-refractivity contribution in [3.63, 3.8) is 0 Å². The molecule has 6 N–H and O–H groups in total. The van der Waals surface area contributed by atoms with Crippen molar-refractivity contribution in [3.05, 3.63) is 82.9 Å². The van der Waals surface area contributed by atoms with Crippen molar-refractivity contribution in [2.75, 3.05) is 11.5 Å². The van der Waals surface area contributed by atoms with Crippen LogP contribution in [0.1, 0.15) is 0 Å². The van der Waals surface area contributed by atoms with E-state index >= 15 is 8.78 Å². The Morgan fingerprint density at radius 3 is 1.32 bits per heavy atom. The third kappa shape index (κ3) is 4.09. The summed E-state index contributed by atoms with van der Waals surface area (Å²) in [5.74, 6) is -26.5. The van der Waals surface area contributed by atoms with Crippen LogP contribution in [-0.2, 0) is 0 Å². The van der Waals surface area contributed by atoms with Crippen molar-refractivity contribution in [2.45, 2.75) is 0 Å². The SMILES string of the molecule is Nc1cccc(Oc2c(F)c(F)c(-c3c(F)c(F)c(F)c(F)c3Oc3cccc(N)c3O)c(F)c2F)c1O. The monoisotopic (exact) mass is 544 g/mol. The number of benzene rings is 4. The fourth-order valence-corrected chi connectivity index (χ4v) is 3.31. The first kappa shape index (κ1) is 26.2. The summed E-state index contributed by atoms with van der Waals surface area (Å²) in [5.41, 5.74) is 6.15. The second-order valence-electron chi connectivity index (χ2n) is 7.51. The minimum Gasteiger partial charge on any atom is -0.503 e. The maximum atomic E-state index is 15.1. The van der Waals surface area contributed by atoms with Crippen molar-refractivity contribution in [3.8, 4) is 45.6 Å². The number of phenolic OH excluding ortho intramolecular Hbond substituents is 2. The molecule has 0 aliphatic carbocycles. The van der Waals surface area contributed by atoms with E-state index in [0.29, 0.717) is 0 Å². The van der Waals surface area contributed by atoms with Gasteiger partial charge in [-0.15, -0.1) is 0 Å². The van der Waals surface area contributed by atoms with Crippen molar-refractivity contribution in [1.29, 1.82) is 0 Å². The van der Waals surface area contributed by atoms with E-state index in [9.17, 15) is 36.6 Å². The molecule has 0 unspecified atom stereocenters. The average Bonchev–Trinajstić information content (AvgIpc) is 2.89. The molecular weight excluding hydrogens is 532 g/mol. The predicted octanol–water partition coefficient (Wildman–Crippen LogP) is 6.63. The van der Waals surface area contributed by atoms with Gasteiger partial charge in [0.2, 0.25) is 29.0 Å². The number of nitrogen functional groups attached to an aromatic ring is 2. The van der Waals surface area contributed by atoms with E-state index in [2.05, 4.69) is 0 Å². The van der Waals surface area contributed by atoms with Crippen molar-refractivity contribution in [1.82, 2.24) is 0 Å². The fraction of sp³-hybridized carbons (Fsp3) is 0. The number of rotatable bonds is 5. The van der Waals surface area contributed by atoms with Gasteiger partial charge in [-0.2, -0.15) is 13.2 Å². The molecule has 0 bridgehead atoms. The summed E-state index contributed by atoms with van der Waals surface area (Å²) in [4.78, 5) is 0. The van der Waals surface area contributed by atoms with E-state index in [0.717, 1.165) is 36.4 Å². The molecule has 4 aromatic carbocycles. The number of hydrogen-bond acceptors (Lipinski definition) is 6. The average molecular weight is 544 g/mol. The third-order valence-corrected chi connectivity index (χ3v) is 5.18. The summed E-state index contributed by atoms with van der Waals surface area (Å²) in [6.45, 7) is 0. The first-order chi connectivity index (χ1) is 17.9. The second kappa shape index (κ2) is 9.53. The lowest BCUT2D eigenvalue weighted by Crippen LogP contribution is -2.09. The van der Waals surface area contributed by atoms with Gasteiger partial charge in [-0.25, -0.2) is 22.0 Å². The molecule has 0 atom stereocenters. The largest absolute Gasteiger partial charge is 0.503 e. The molecule has 0 aliphatic rings. The number of halogens is 8. The Labute approximate surface area is 206 Å². The van der Waals surface area contributed by atoms with Crippen LogP contribution >= 0.6 is 0 Å². The molecule has 0 amide bonds. The van der Waals surface area contributed by atoms with E-state index in [-0.39, 0.29) is 5.69 Å². The maximum Gasteiger partial charge on any atom is 0.205 e. The molecule has 0 aromatic heterocycles. The second-order valence-corrected chi connectivity index (χ2v) is 7.51. The van der Waals surface area contributed by atoms with Gasteiger partial charge in [0.05, 0.1) is 22.5 Å². The molecule has 0 saturated heterocycles. The molecule has 0 saturated carbocycles. The van der Waals surface area contributed by atoms with Crippen LogP contribution in [0.2, 0.25) is 0 Å². The first-order valence-electron chi connectivity index (χ1n) is 10.1. The van der Waals surface area contributed by atoms with Crippen molar-refractivity contribution < 1.29 is 54.8 Å². The number of anilines is 2. The lowest BCUT2D eigenvalue weighted by atomic mass is 10.00. The molecule has 6 nitrogen and oxygen atoms in total. The quantitative estimate of drug-likeness (QED) is 0.0739. The zero-order valence-corrected chi connectivity index (χ0v) is 18.4. The molecule has 4 aromatic rings. The molecule has 0 heterocycles. The minimum atomic E-state index is -2.61. The standard InChI is InChI=1S/C24H12F8N2O4/c25-13-11(14(26)19(31)24(18(13)30)38-10-6-2-4-8(34)22(10)36)12-15(27)16(28)17(29)20(32)23(12)37-9-5-1-3-7(33)21(9)35/h1-6,35-36H,33-34H2. The minimum absolute atomic E-state index is 0.341. The Hall–Kier alpha value is -4.88. The summed E-state index contributed by atoms with van der Waals surface area (Å²) < 4.78 is 127. The van der Waals surface area contributed by atoms with Crippen LogP contribution < -0.4 is 20.9 Å². The highest BCUT2D eigenvalue weighted by molar-refractivity contribution is 5.75. The highest BCUT2D eigenvalue weighted by Crippen LogP contribution is 2.47. The summed E-state index contributed by atoms with van der Waals surface area (Å²) in [6, 6.07) is 6.32. The van der Waals surface area contributed by atoms with Crippen LogP contribution in [0, 0.1) is 46.5 Å². The van der Waals surface area contributed by atoms with Crippen molar-refractivity contribution in [2.24, 2.45) is 0 Å². The fourth-order valence-electron chi connectivity index (χ4n) is 3.31. The Morgan fingerprint density at radius 1 is 0.474 bits per heavy atom. The van der Waals surface area contributed by atoms with Crippen LogP contribution in [-0.4, -0.2) is 10.2 Å². The number of nitrogens with two attached hydrogens (primary N) is 2. The van der Waals surface area contributed by atoms with Crippen LogP contribution in [0.5, 0.6) is 34.5 Å². The smallest absolute Gasteiger partial charge is 0.205 e. The van der Waals surface area contributed by atoms with Gasteiger partial charge in [0.15, 0.2) is 52.0 Å². The Balaban J connectivity index is 1.99. The molecule has 198 valence electrons. The third-order valence-electron chi connectivity index (χ3n) is 5.18. The summed E-state index contributed by atoms with van der Waals surface area (Å²) in [7, 11) is 0. The Bertz CT molecular complexity index is 1590. The van der Waals surface area contributed by atoms with Crippen LogP contribution in [0.4, 0.5) is 46.5 Å². The van der Waals surface area contributed by atoms with E-state index in [1.165, 1.54) is 0 Å². The van der Waals surface area contributed by atoms with E-state index in [1.54, 1.807) is 0 Å². The molecule has 4 rings (SSSR count). The summed E-state index contributed by atoms with van der Waals surface area (Å²) in [6.07, 6.45) is 0. The van der Waals surface area contributed by atoms with Crippen molar-refractivity contribution >= 4 is 11.4 Å². The van der Waals surface area contributed by atoms with Crippen LogP contribution in [0.3, 0.4) is 0 Å². The topological polar surface area (TPSA) is 111 Å². The normalized spacial score (nSPS) is 11.1. The van der Waals surface area contributed by atoms with Crippen LogP contribution in [0.25, 0.3) is 11.1 Å². The lowest BCUT2D eigenvalue weighted by Gasteiger charge is -2.18. The molecule has 38 heavy (non-hydrogen) atoms. The van der Waals surface area contributed by atoms with Crippen LogP contribution in [0.15, 0.2) is 36.4 Å². The van der Waals surface area contributed by atoms with Gasteiger partial charge in [0, 0.05) is 0 Å². The number of phenols is 2. The van der Waals surface area contributed by atoms with Gasteiger partial charge in [-0.05, 0) is 24.3 Å². The first-order valence-corrected chi connectivity index (χ1v) is 10.1. The van der Waals surface area contributed by atoms with Gasteiger partial charge >= 0.3 is 0 Å². The molecule has 0 radical (unpaired) electrons. The Morgan fingerprint density at radius 2 is 0.842 bits per heavy atom. The van der Waals surface area contributed by atoms with Gasteiger partial charge in [-0.1, -0.05) is 12.1 Å². The van der Waals surface area contributed by atoms with E-state index in [1.807, 2.05) is 0 Å². The van der Waals surface area contributed by atoms with E-state index < -0.39 is 97.8 Å². The van der Waals surface area contributed by atoms with Gasteiger partial charge < -0.3 is 31.2 Å². The summed E-state index contributed by atoms with van der Waals surface area (Å²) >= 11 is 0. The number of hydrogen-bond donors (Lipinski definition) is 4. The van der Waals surface area contributed by atoms with Gasteiger partial charge in [0.25, 0.3) is 0 Å². The molecule has 14 heteroatoms. The Kier molecular flexibility index (Phi) is 6.57.